The normalized spacial score (nSPS) is 18.9. The number of fused-ring (bicyclic) bond motifs is 1. The van der Waals surface area contributed by atoms with E-state index in [1.165, 1.54) is 12.0 Å². The van der Waals surface area contributed by atoms with Gasteiger partial charge in [-0.3, -0.25) is 4.90 Å². The van der Waals surface area contributed by atoms with Gasteiger partial charge in [0.15, 0.2) is 0 Å². The minimum Gasteiger partial charge on any atom is -0.379 e. The zero-order valence-electron chi connectivity index (χ0n) is 21.9. The predicted octanol–water partition coefficient (Wildman–Crippen LogP) is 4.26. The zero-order valence-corrected chi connectivity index (χ0v) is 21.9. The number of nitrogens with zero attached hydrogens (tertiary/aromatic N) is 7. The second-order valence-corrected chi connectivity index (χ2v) is 9.92. The quantitative estimate of drug-likeness (QED) is 0.376. The highest BCUT2D eigenvalue weighted by Gasteiger charge is 2.25. The van der Waals surface area contributed by atoms with Crippen LogP contribution in [0.5, 0.6) is 0 Å². The summed E-state index contributed by atoms with van der Waals surface area (Å²) >= 11 is 0. The first-order chi connectivity index (χ1) is 18.7. The first-order valence-corrected chi connectivity index (χ1v) is 13.6. The van der Waals surface area contributed by atoms with Gasteiger partial charge in [0.25, 0.3) is 0 Å². The molecule has 2 aliphatic heterocycles. The number of aryl methyl sites for hydroxylation is 1. The Kier molecular flexibility index (Phi) is 7.32. The third-order valence-corrected chi connectivity index (χ3v) is 7.44. The minimum atomic E-state index is 0.529. The van der Waals surface area contributed by atoms with Crippen LogP contribution in [0.2, 0.25) is 0 Å². The molecule has 1 atom stereocenters. The zero-order chi connectivity index (χ0) is 25.7. The van der Waals surface area contributed by atoms with E-state index >= 15 is 0 Å². The first kappa shape index (κ1) is 24.6. The summed E-state index contributed by atoms with van der Waals surface area (Å²) < 4.78 is 7.56. The van der Waals surface area contributed by atoms with Crippen LogP contribution in [0, 0.1) is 0 Å². The highest BCUT2D eigenvalue weighted by molar-refractivity contribution is 5.65. The standard InChI is InChI=1S/C28H35N9O/c1-2-21-5-8-29-24(18-21)32-28-33-25(31-22-6-11-37-13-9-30-26(37)19-22)20-27(34-28)36-10-3-4-23(7-12-36)35-14-16-38-17-15-35/h5-6,8-9,11,13,18-20,23H,2-4,7,10,12,14-17H2,1H3,(H2,29,31,32,33,34). The largest absolute Gasteiger partial charge is 0.379 e. The molecule has 4 aromatic heterocycles. The highest BCUT2D eigenvalue weighted by Crippen LogP contribution is 2.27. The molecular formula is C28H35N9O. The number of rotatable bonds is 7. The van der Waals surface area contributed by atoms with Gasteiger partial charge in [0, 0.05) is 74.8 Å². The molecule has 2 N–H and O–H groups in total. The van der Waals surface area contributed by atoms with Gasteiger partial charge in [0.1, 0.15) is 23.1 Å². The molecule has 2 aliphatic rings. The Morgan fingerprint density at radius 2 is 1.82 bits per heavy atom. The van der Waals surface area contributed by atoms with Crippen LogP contribution in [0.25, 0.3) is 5.65 Å². The number of hydrogen-bond donors (Lipinski definition) is 2. The molecule has 0 saturated carbocycles. The van der Waals surface area contributed by atoms with E-state index < -0.39 is 0 Å². The number of ether oxygens (including phenoxy) is 1. The summed E-state index contributed by atoms with van der Waals surface area (Å²) in [5.74, 6) is 2.92. The first-order valence-electron chi connectivity index (χ1n) is 13.6. The second-order valence-electron chi connectivity index (χ2n) is 9.92. The average Bonchev–Trinajstić information content (AvgIpc) is 3.28. The van der Waals surface area contributed by atoms with Gasteiger partial charge in [-0.25, -0.2) is 9.97 Å². The van der Waals surface area contributed by atoms with Gasteiger partial charge in [-0.05, 0) is 49.4 Å². The molecule has 0 radical (unpaired) electrons. The molecule has 0 spiro atoms. The van der Waals surface area contributed by atoms with Crippen LogP contribution in [0.15, 0.2) is 55.1 Å². The Hall–Kier alpha value is -3.76. The molecule has 38 heavy (non-hydrogen) atoms. The van der Waals surface area contributed by atoms with Crippen LogP contribution < -0.4 is 15.5 Å². The topological polar surface area (TPSA) is 95.7 Å². The lowest BCUT2D eigenvalue weighted by atomic mass is 10.1. The molecule has 10 nitrogen and oxygen atoms in total. The van der Waals surface area contributed by atoms with Gasteiger partial charge >= 0.3 is 0 Å². The van der Waals surface area contributed by atoms with E-state index in [4.69, 9.17) is 14.7 Å². The van der Waals surface area contributed by atoms with Crippen molar-refractivity contribution in [2.45, 2.75) is 38.6 Å². The molecule has 10 heteroatoms. The van der Waals surface area contributed by atoms with Gasteiger partial charge in [0.2, 0.25) is 5.95 Å². The van der Waals surface area contributed by atoms with Crippen molar-refractivity contribution in [1.29, 1.82) is 0 Å². The number of nitrogens with one attached hydrogen (secondary N) is 2. The fourth-order valence-electron chi connectivity index (χ4n) is 5.34. The van der Waals surface area contributed by atoms with E-state index in [0.29, 0.717) is 12.0 Å². The number of pyridine rings is 2. The fraction of sp³-hybridized carbons (Fsp3) is 0.429. The average molecular weight is 514 g/mol. The van der Waals surface area contributed by atoms with Gasteiger partial charge in [-0.1, -0.05) is 6.92 Å². The second kappa shape index (κ2) is 11.3. The van der Waals surface area contributed by atoms with Crippen LogP contribution in [0.1, 0.15) is 31.7 Å². The number of hydrogen-bond acceptors (Lipinski definition) is 9. The molecule has 0 aliphatic carbocycles. The summed E-state index contributed by atoms with van der Waals surface area (Å²) in [5, 5.41) is 6.82. The van der Waals surface area contributed by atoms with Crippen LogP contribution in [-0.2, 0) is 11.2 Å². The van der Waals surface area contributed by atoms with Gasteiger partial charge < -0.3 is 24.7 Å². The van der Waals surface area contributed by atoms with Crippen LogP contribution in [-0.4, -0.2) is 74.7 Å². The lowest BCUT2D eigenvalue weighted by molar-refractivity contribution is 0.0142. The van der Waals surface area contributed by atoms with Gasteiger partial charge in [-0.2, -0.15) is 9.97 Å². The summed E-state index contributed by atoms with van der Waals surface area (Å²) in [4.78, 5) is 23.6. The molecule has 0 aromatic carbocycles. The molecule has 6 heterocycles. The van der Waals surface area contributed by atoms with Crippen LogP contribution in [0.3, 0.4) is 0 Å². The molecule has 0 bridgehead atoms. The van der Waals surface area contributed by atoms with Crippen molar-refractivity contribution in [3.63, 3.8) is 0 Å². The van der Waals surface area contributed by atoms with Crippen LogP contribution >= 0.6 is 0 Å². The maximum atomic E-state index is 5.58. The lowest BCUT2D eigenvalue weighted by Gasteiger charge is -2.34. The summed E-state index contributed by atoms with van der Waals surface area (Å²) in [6, 6.07) is 10.8. The van der Waals surface area contributed by atoms with Crippen molar-refractivity contribution >= 4 is 34.7 Å². The molecule has 1 unspecified atom stereocenters. The Labute approximate surface area is 223 Å². The smallest absolute Gasteiger partial charge is 0.232 e. The highest BCUT2D eigenvalue weighted by atomic mass is 16.5. The van der Waals surface area contributed by atoms with E-state index in [-0.39, 0.29) is 0 Å². The lowest BCUT2D eigenvalue weighted by Crippen LogP contribution is -2.43. The number of aromatic nitrogens is 5. The SMILES string of the molecule is CCc1ccnc(Nc2nc(Nc3ccn4ccnc4c3)cc(N3CCCC(N4CCOCC4)CC3)n2)c1. The molecule has 198 valence electrons. The summed E-state index contributed by atoms with van der Waals surface area (Å²) in [6.45, 7) is 7.82. The Balaban J connectivity index is 1.26. The summed E-state index contributed by atoms with van der Waals surface area (Å²) in [6.07, 6.45) is 11.9. The van der Waals surface area contributed by atoms with Crippen LogP contribution in [0.4, 0.5) is 29.1 Å². The number of morpholine rings is 1. The number of imidazole rings is 1. The van der Waals surface area contributed by atoms with E-state index in [9.17, 15) is 0 Å². The molecule has 2 fully saturated rings. The fourth-order valence-corrected chi connectivity index (χ4v) is 5.34. The minimum absolute atomic E-state index is 0.529. The molecule has 4 aromatic rings. The Morgan fingerprint density at radius 1 is 0.895 bits per heavy atom. The predicted molar refractivity (Wildman–Crippen MR) is 150 cm³/mol. The van der Waals surface area contributed by atoms with Crippen molar-refractivity contribution in [2.24, 2.45) is 0 Å². The monoisotopic (exact) mass is 513 g/mol. The van der Waals surface area contributed by atoms with Gasteiger partial charge in [-0.15, -0.1) is 0 Å². The molecule has 6 rings (SSSR count). The third-order valence-electron chi connectivity index (χ3n) is 7.44. The Bertz CT molecular complexity index is 1370. The maximum Gasteiger partial charge on any atom is 0.232 e. The summed E-state index contributed by atoms with van der Waals surface area (Å²) in [7, 11) is 0. The molecular weight excluding hydrogens is 478 g/mol. The van der Waals surface area contributed by atoms with E-state index in [0.717, 1.165) is 87.4 Å². The van der Waals surface area contributed by atoms with Crippen molar-refractivity contribution in [3.05, 3.63) is 60.7 Å². The molecule has 2 saturated heterocycles. The number of anilines is 5. The van der Waals surface area contributed by atoms with E-state index in [2.05, 4.69) is 37.3 Å². The summed E-state index contributed by atoms with van der Waals surface area (Å²) in [5.41, 5.74) is 3.02. The van der Waals surface area contributed by atoms with Gasteiger partial charge in [0.05, 0.1) is 13.2 Å². The Morgan fingerprint density at radius 3 is 2.71 bits per heavy atom. The van der Waals surface area contributed by atoms with Crippen molar-refractivity contribution in [3.8, 4) is 0 Å². The maximum absolute atomic E-state index is 5.58. The van der Waals surface area contributed by atoms with E-state index in [1.807, 2.05) is 53.3 Å². The van der Waals surface area contributed by atoms with Crippen molar-refractivity contribution < 1.29 is 4.74 Å². The van der Waals surface area contributed by atoms with Crippen molar-refractivity contribution in [2.75, 3.05) is 54.9 Å². The van der Waals surface area contributed by atoms with Crippen molar-refractivity contribution in [1.82, 2.24) is 29.2 Å². The molecule has 0 amide bonds. The third kappa shape index (κ3) is 5.71. The van der Waals surface area contributed by atoms with E-state index in [1.54, 1.807) is 6.20 Å².